The van der Waals surface area contributed by atoms with Crippen molar-refractivity contribution in [3.05, 3.63) is 29.8 Å². The first kappa shape index (κ1) is 22.0. The van der Waals surface area contributed by atoms with Crippen molar-refractivity contribution in [3.8, 4) is 0 Å². The third-order valence-electron chi connectivity index (χ3n) is 5.42. The number of benzene rings is 1. The summed E-state index contributed by atoms with van der Waals surface area (Å²) in [6.45, 7) is 5.20. The van der Waals surface area contributed by atoms with E-state index in [1.807, 2.05) is 12.1 Å². The van der Waals surface area contributed by atoms with Gasteiger partial charge < -0.3 is 15.0 Å². The van der Waals surface area contributed by atoms with Crippen LogP contribution in [0.4, 0.5) is 10.5 Å². The standard InChI is InChI=1S/C20H32N4O4S/c1-2-3-4-5-18-6-8-19(9-7-18)21-20(25)22-10-12-23(13-11-22)29(26,27)24-14-16-28-17-15-24/h6-9H,2-5,10-17H2,1H3,(H,21,25). The molecule has 29 heavy (non-hydrogen) atoms. The summed E-state index contributed by atoms with van der Waals surface area (Å²) < 4.78 is 33.6. The first-order valence-corrected chi connectivity index (χ1v) is 11.9. The number of urea groups is 1. The maximum atomic E-state index is 12.7. The molecule has 2 aliphatic rings. The molecule has 2 aliphatic heterocycles. The normalized spacial score (nSPS) is 19.3. The van der Waals surface area contributed by atoms with Crippen LogP contribution >= 0.6 is 0 Å². The van der Waals surface area contributed by atoms with Gasteiger partial charge in [0.05, 0.1) is 13.2 Å². The second-order valence-corrected chi connectivity index (χ2v) is 9.42. The van der Waals surface area contributed by atoms with Gasteiger partial charge in [-0.15, -0.1) is 0 Å². The SMILES string of the molecule is CCCCCc1ccc(NC(=O)N2CCN(S(=O)(=O)N3CCOCC3)CC2)cc1. The molecule has 1 aromatic carbocycles. The third-order valence-corrected chi connectivity index (χ3v) is 7.46. The first-order valence-electron chi connectivity index (χ1n) is 10.5. The van der Waals surface area contributed by atoms with Gasteiger partial charge in [-0.2, -0.15) is 17.0 Å². The van der Waals surface area contributed by atoms with E-state index < -0.39 is 10.2 Å². The van der Waals surface area contributed by atoms with E-state index in [2.05, 4.69) is 24.4 Å². The highest BCUT2D eigenvalue weighted by Gasteiger charge is 2.34. The number of rotatable bonds is 7. The quantitative estimate of drug-likeness (QED) is 0.680. The molecule has 0 aliphatic carbocycles. The highest BCUT2D eigenvalue weighted by Crippen LogP contribution is 2.16. The zero-order valence-electron chi connectivity index (χ0n) is 17.2. The van der Waals surface area contributed by atoms with Crippen molar-refractivity contribution in [1.82, 2.24) is 13.5 Å². The fourth-order valence-corrected chi connectivity index (χ4v) is 5.16. The van der Waals surface area contributed by atoms with Crippen LogP contribution in [0.25, 0.3) is 0 Å². The highest BCUT2D eigenvalue weighted by molar-refractivity contribution is 7.86. The predicted molar refractivity (Wildman–Crippen MR) is 113 cm³/mol. The van der Waals surface area contributed by atoms with Crippen LogP contribution in [0.15, 0.2) is 24.3 Å². The minimum Gasteiger partial charge on any atom is -0.379 e. The molecular formula is C20H32N4O4S. The van der Waals surface area contributed by atoms with Gasteiger partial charge >= 0.3 is 6.03 Å². The Morgan fingerprint density at radius 3 is 2.21 bits per heavy atom. The van der Waals surface area contributed by atoms with Gasteiger partial charge in [0, 0.05) is 45.0 Å². The average Bonchev–Trinajstić information content (AvgIpc) is 2.76. The Morgan fingerprint density at radius 1 is 0.966 bits per heavy atom. The van der Waals surface area contributed by atoms with Crippen molar-refractivity contribution in [3.63, 3.8) is 0 Å². The van der Waals surface area contributed by atoms with Crippen molar-refractivity contribution in [2.45, 2.75) is 32.6 Å². The lowest BCUT2D eigenvalue weighted by molar-refractivity contribution is 0.0691. The number of nitrogens with one attached hydrogen (secondary N) is 1. The number of carbonyl (C=O) groups is 1. The van der Waals surface area contributed by atoms with Gasteiger partial charge in [-0.05, 0) is 30.5 Å². The van der Waals surface area contributed by atoms with Gasteiger partial charge in [-0.1, -0.05) is 31.9 Å². The molecule has 2 amide bonds. The Hall–Kier alpha value is -1.68. The Labute approximate surface area is 174 Å². The minimum absolute atomic E-state index is 0.188. The van der Waals surface area contributed by atoms with Crippen LogP contribution in [0.2, 0.25) is 0 Å². The van der Waals surface area contributed by atoms with E-state index in [4.69, 9.17) is 4.74 Å². The maximum Gasteiger partial charge on any atom is 0.321 e. The van der Waals surface area contributed by atoms with Crippen LogP contribution in [0, 0.1) is 0 Å². The Balaban J connectivity index is 1.47. The van der Waals surface area contributed by atoms with E-state index in [1.54, 1.807) is 4.90 Å². The Bertz CT molecular complexity index is 755. The van der Waals surface area contributed by atoms with Crippen LogP contribution in [0.3, 0.4) is 0 Å². The number of anilines is 1. The van der Waals surface area contributed by atoms with E-state index >= 15 is 0 Å². The molecule has 162 valence electrons. The summed E-state index contributed by atoms with van der Waals surface area (Å²) in [6, 6.07) is 7.78. The van der Waals surface area contributed by atoms with Crippen molar-refractivity contribution in [2.24, 2.45) is 0 Å². The lowest BCUT2D eigenvalue weighted by Gasteiger charge is -2.37. The summed E-state index contributed by atoms with van der Waals surface area (Å²) in [5.74, 6) is 0. The van der Waals surface area contributed by atoms with Crippen LogP contribution in [0.1, 0.15) is 31.7 Å². The molecule has 2 heterocycles. The summed E-state index contributed by atoms with van der Waals surface area (Å²) >= 11 is 0. The van der Waals surface area contributed by atoms with Gasteiger partial charge in [0.15, 0.2) is 0 Å². The van der Waals surface area contributed by atoms with E-state index in [1.165, 1.54) is 33.4 Å². The molecule has 0 aromatic heterocycles. The van der Waals surface area contributed by atoms with Gasteiger partial charge in [0.1, 0.15) is 0 Å². The van der Waals surface area contributed by atoms with E-state index in [-0.39, 0.29) is 6.03 Å². The number of carbonyl (C=O) groups excluding carboxylic acids is 1. The Kier molecular flexibility index (Phi) is 7.88. The number of morpholine rings is 1. The lowest BCUT2D eigenvalue weighted by Crippen LogP contribution is -2.56. The van der Waals surface area contributed by atoms with Crippen molar-refractivity contribution < 1.29 is 17.9 Å². The second kappa shape index (κ2) is 10.4. The van der Waals surface area contributed by atoms with E-state index in [0.717, 1.165) is 12.1 Å². The maximum absolute atomic E-state index is 12.7. The van der Waals surface area contributed by atoms with Crippen molar-refractivity contribution in [1.29, 1.82) is 0 Å². The van der Waals surface area contributed by atoms with Crippen LogP contribution in [-0.2, 0) is 21.4 Å². The number of ether oxygens (including phenoxy) is 1. The topological polar surface area (TPSA) is 82.2 Å². The van der Waals surface area contributed by atoms with Crippen LogP contribution < -0.4 is 5.32 Å². The summed E-state index contributed by atoms with van der Waals surface area (Å²) in [7, 11) is -3.48. The number of hydrogen-bond acceptors (Lipinski definition) is 4. The number of piperazine rings is 1. The molecule has 1 N–H and O–H groups in total. The molecule has 2 saturated heterocycles. The molecule has 2 fully saturated rings. The largest absolute Gasteiger partial charge is 0.379 e. The molecule has 0 atom stereocenters. The molecular weight excluding hydrogens is 392 g/mol. The van der Waals surface area contributed by atoms with E-state index in [0.29, 0.717) is 52.5 Å². The highest BCUT2D eigenvalue weighted by atomic mass is 32.2. The fraction of sp³-hybridized carbons (Fsp3) is 0.650. The monoisotopic (exact) mass is 424 g/mol. The van der Waals surface area contributed by atoms with Gasteiger partial charge in [-0.25, -0.2) is 4.79 Å². The van der Waals surface area contributed by atoms with Crippen molar-refractivity contribution >= 4 is 21.9 Å². The van der Waals surface area contributed by atoms with Gasteiger partial charge in [-0.3, -0.25) is 0 Å². The van der Waals surface area contributed by atoms with Crippen LogP contribution in [0.5, 0.6) is 0 Å². The molecule has 9 heteroatoms. The zero-order valence-corrected chi connectivity index (χ0v) is 18.0. The van der Waals surface area contributed by atoms with Crippen molar-refractivity contribution in [2.75, 3.05) is 57.8 Å². The van der Waals surface area contributed by atoms with Gasteiger partial charge in [0.2, 0.25) is 0 Å². The second-order valence-electron chi connectivity index (χ2n) is 7.49. The summed E-state index contributed by atoms with van der Waals surface area (Å²) in [6.07, 6.45) is 4.67. The zero-order chi connectivity index (χ0) is 20.7. The molecule has 0 bridgehead atoms. The number of unbranched alkanes of at least 4 members (excludes halogenated alkanes) is 2. The Morgan fingerprint density at radius 2 is 1.59 bits per heavy atom. The number of nitrogens with zero attached hydrogens (tertiary/aromatic N) is 3. The summed E-state index contributed by atoms with van der Waals surface area (Å²) in [5, 5.41) is 2.92. The predicted octanol–water partition coefficient (Wildman–Crippen LogP) is 2.15. The molecule has 0 radical (unpaired) electrons. The molecule has 3 rings (SSSR count). The summed E-state index contributed by atoms with van der Waals surface area (Å²) in [4.78, 5) is 14.2. The molecule has 0 spiro atoms. The third kappa shape index (κ3) is 5.91. The molecule has 8 nitrogen and oxygen atoms in total. The number of aryl methyl sites for hydroxylation is 1. The summed E-state index contributed by atoms with van der Waals surface area (Å²) in [5.41, 5.74) is 2.04. The average molecular weight is 425 g/mol. The first-order chi connectivity index (χ1) is 14.0. The number of hydrogen-bond donors (Lipinski definition) is 1. The lowest BCUT2D eigenvalue weighted by atomic mass is 10.1. The smallest absolute Gasteiger partial charge is 0.321 e. The fourth-order valence-electron chi connectivity index (χ4n) is 3.60. The minimum atomic E-state index is -3.48. The molecule has 1 aromatic rings. The molecule has 0 unspecified atom stereocenters. The van der Waals surface area contributed by atoms with E-state index in [9.17, 15) is 13.2 Å². The number of amides is 2. The molecule has 0 saturated carbocycles. The van der Waals surface area contributed by atoms with Gasteiger partial charge in [0.25, 0.3) is 10.2 Å². The van der Waals surface area contributed by atoms with Crippen LogP contribution in [-0.4, -0.2) is 80.4 Å².